The molecule has 0 aliphatic rings. The van der Waals surface area contributed by atoms with E-state index < -0.39 is 0 Å². The smallest absolute Gasteiger partial charge is 0.114 e. The molecule has 0 saturated heterocycles. The molecular weight excluding hydrogens is 279 g/mol. The second kappa shape index (κ2) is 4.87. The van der Waals surface area contributed by atoms with E-state index in [1.54, 1.807) is 0 Å². The Morgan fingerprint density at radius 1 is 1.00 bits per heavy atom. The molecule has 0 radical (unpaired) electrons. The Bertz CT molecular complexity index is 730. The number of aromatic nitrogens is 2. The fourth-order valence-electron chi connectivity index (χ4n) is 2.17. The number of imidazole rings is 1. The lowest BCUT2D eigenvalue weighted by Crippen LogP contribution is -1.98. The molecule has 0 spiro atoms. The van der Waals surface area contributed by atoms with Crippen molar-refractivity contribution < 1.29 is 0 Å². The second-order valence-corrected chi connectivity index (χ2v) is 5.40. The Balaban J connectivity index is 2.01. The van der Waals surface area contributed by atoms with E-state index in [2.05, 4.69) is 9.55 Å². The Hall–Kier alpha value is -1.51. The van der Waals surface area contributed by atoms with Gasteiger partial charge in [-0.05, 0) is 35.9 Å². The van der Waals surface area contributed by atoms with E-state index >= 15 is 0 Å². The van der Waals surface area contributed by atoms with E-state index in [1.807, 2.05) is 49.5 Å². The lowest BCUT2D eigenvalue weighted by Gasteiger charge is -2.03. The van der Waals surface area contributed by atoms with Gasteiger partial charge in [0, 0.05) is 23.5 Å². The third-order valence-corrected chi connectivity index (χ3v) is 3.70. The van der Waals surface area contributed by atoms with E-state index in [9.17, 15) is 0 Å². The first-order valence-corrected chi connectivity index (χ1v) is 6.74. The van der Waals surface area contributed by atoms with E-state index in [-0.39, 0.29) is 0 Å². The first kappa shape index (κ1) is 12.5. The molecule has 19 heavy (non-hydrogen) atoms. The van der Waals surface area contributed by atoms with Crippen molar-refractivity contribution >= 4 is 34.2 Å². The summed E-state index contributed by atoms with van der Waals surface area (Å²) in [6.45, 7) is 0. The zero-order chi connectivity index (χ0) is 13.4. The predicted octanol–water partition coefficient (Wildman–Crippen LogP) is 4.47. The quantitative estimate of drug-likeness (QED) is 0.681. The van der Waals surface area contributed by atoms with E-state index in [0.717, 1.165) is 28.3 Å². The summed E-state index contributed by atoms with van der Waals surface area (Å²) in [4.78, 5) is 4.64. The van der Waals surface area contributed by atoms with Gasteiger partial charge in [-0.2, -0.15) is 0 Å². The number of benzene rings is 2. The van der Waals surface area contributed by atoms with Gasteiger partial charge < -0.3 is 4.57 Å². The van der Waals surface area contributed by atoms with Crippen molar-refractivity contribution in [1.82, 2.24) is 9.55 Å². The Labute approximate surface area is 121 Å². The number of rotatable bonds is 2. The summed E-state index contributed by atoms with van der Waals surface area (Å²) in [7, 11) is 2.02. The summed E-state index contributed by atoms with van der Waals surface area (Å²) in [5, 5.41) is 1.46. The van der Waals surface area contributed by atoms with Crippen LogP contribution in [0.25, 0.3) is 11.0 Å². The summed E-state index contributed by atoms with van der Waals surface area (Å²) in [6, 6.07) is 13.6. The van der Waals surface area contributed by atoms with Gasteiger partial charge in [-0.1, -0.05) is 35.3 Å². The largest absolute Gasteiger partial charge is 0.331 e. The monoisotopic (exact) mass is 290 g/mol. The molecule has 96 valence electrons. The SMILES string of the molecule is Cn1c(Cc2ccc(Cl)cc2)nc2cc(Cl)ccc21. The maximum absolute atomic E-state index is 5.99. The summed E-state index contributed by atoms with van der Waals surface area (Å²) >= 11 is 11.9. The highest BCUT2D eigenvalue weighted by Gasteiger charge is 2.08. The van der Waals surface area contributed by atoms with Crippen molar-refractivity contribution in [2.45, 2.75) is 6.42 Å². The molecule has 1 heterocycles. The van der Waals surface area contributed by atoms with Gasteiger partial charge in [-0.3, -0.25) is 0 Å². The van der Waals surface area contributed by atoms with Gasteiger partial charge in [0.15, 0.2) is 0 Å². The van der Waals surface area contributed by atoms with Crippen LogP contribution in [0.2, 0.25) is 10.0 Å². The second-order valence-electron chi connectivity index (χ2n) is 4.52. The molecule has 0 amide bonds. The third-order valence-electron chi connectivity index (χ3n) is 3.21. The van der Waals surface area contributed by atoms with Gasteiger partial charge in [0.1, 0.15) is 5.82 Å². The number of aryl methyl sites for hydroxylation is 1. The third kappa shape index (κ3) is 2.46. The molecule has 2 nitrogen and oxygen atoms in total. The molecule has 0 N–H and O–H groups in total. The van der Waals surface area contributed by atoms with Crippen LogP contribution in [0.3, 0.4) is 0 Å². The molecule has 3 aromatic rings. The van der Waals surface area contributed by atoms with Crippen LogP contribution in [-0.2, 0) is 13.5 Å². The average Bonchev–Trinajstić information content (AvgIpc) is 2.68. The van der Waals surface area contributed by atoms with Crippen LogP contribution in [0.5, 0.6) is 0 Å². The highest BCUT2D eigenvalue weighted by Crippen LogP contribution is 2.21. The van der Waals surface area contributed by atoms with Crippen molar-refractivity contribution in [3.63, 3.8) is 0 Å². The van der Waals surface area contributed by atoms with Gasteiger partial charge >= 0.3 is 0 Å². The molecule has 1 aromatic heterocycles. The van der Waals surface area contributed by atoms with Crippen molar-refractivity contribution in [2.75, 3.05) is 0 Å². The molecule has 4 heteroatoms. The van der Waals surface area contributed by atoms with E-state index in [4.69, 9.17) is 23.2 Å². The molecule has 3 rings (SSSR count). The van der Waals surface area contributed by atoms with Crippen LogP contribution < -0.4 is 0 Å². The standard InChI is InChI=1S/C15H12Cl2N2/c1-19-14-7-6-12(17)9-13(14)18-15(19)8-10-2-4-11(16)5-3-10/h2-7,9H,8H2,1H3. The molecular formula is C15H12Cl2N2. The summed E-state index contributed by atoms with van der Waals surface area (Å²) in [5.74, 6) is 1.01. The number of hydrogen-bond donors (Lipinski definition) is 0. The maximum atomic E-state index is 5.99. The van der Waals surface area contributed by atoms with Gasteiger partial charge in [0.05, 0.1) is 11.0 Å². The van der Waals surface area contributed by atoms with Crippen LogP contribution in [0, 0.1) is 0 Å². The Kier molecular flexibility index (Phi) is 3.21. The molecule has 2 aromatic carbocycles. The van der Waals surface area contributed by atoms with Crippen molar-refractivity contribution in [3.05, 3.63) is 63.9 Å². The molecule has 0 aliphatic heterocycles. The Morgan fingerprint density at radius 2 is 1.68 bits per heavy atom. The van der Waals surface area contributed by atoms with Crippen LogP contribution >= 0.6 is 23.2 Å². The lowest BCUT2D eigenvalue weighted by molar-refractivity contribution is 0.845. The summed E-state index contributed by atoms with van der Waals surface area (Å²) in [5.41, 5.74) is 3.21. The predicted molar refractivity (Wildman–Crippen MR) is 80.0 cm³/mol. The van der Waals surface area contributed by atoms with Crippen molar-refractivity contribution in [2.24, 2.45) is 7.05 Å². The normalized spacial score (nSPS) is 11.1. The fourth-order valence-corrected chi connectivity index (χ4v) is 2.46. The zero-order valence-corrected chi connectivity index (χ0v) is 11.9. The van der Waals surface area contributed by atoms with Crippen molar-refractivity contribution in [3.8, 4) is 0 Å². The van der Waals surface area contributed by atoms with Crippen LogP contribution in [-0.4, -0.2) is 9.55 Å². The average molecular weight is 291 g/mol. The van der Waals surface area contributed by atoms with E-state index in [0.29, 0.717) is 5.02 Å². The van der Waals surface area contributed by atoms with Crippen LogP contribution in [0.4, 0.5) is 0 Å². The maximum Gasteiger partial charge on any atom is 0.114 e. The summed E-state index contributed by atoms with van der Waals surface area (Å²) < 4.78 is 2.10. The Morgan fingerprint density at radius 3 is 2.42 bits per heavy atom. The number of hydrogen-bond acceptors (Lipinski definition) is 1. The molecule has 0 unspecified atom stereocenters. The zero-order valence-electron chi connectivity index (χ0n) is 10.4. The minimum absolute atomic E-state index is 0.712. The molecule has 0 aliphatic carbocycles. The molecule has 0 atom stereocenters. The van der Waals surface area contributed by atoms with Crippen LogP contribution in [0.1, 0.15) is 11.4 Å². The molecule has 0 saturated carbocycles. The van der Waals surface area contributed by atoms with E-state index in [1.165, 1.54) is 5.56 Å². The fraction of sp³-hybridized carbons (Fsp3) is 0.133. The highest BCUT2D eigenvalue weighted by molar-refractivity contribution is 6.31. The highest BCUT2D eigenvalue weighted by atomic mass is 35.5. The van der Waals surface area contributed by atoms with Gasteiger partial charge in [-0.15, -0.1) is 0 Å². The topological polar surface area (TPSA) is 17.8 Å². The van der Waals surface area contributed by atoms with Gasteiger partial charge in [0.25, 0.3) is 0 Å². The van der Waals surface area contributed by atoms with Crippen molar-refractivity contribution in [1.29, 1.82) is 0 Å². The number of fused-ring (bicyclic) bond motifs is 1. The first-order valence-electron chi connectivity index (χ1n) is 5.99. The van der Waals surface area contributed by atoms with Gasteiger partial charge in [0.2, 0.25) is 0 Å². The number of halogens is 2. The van der Waals surface area contributed by atoms with Gasteiger partial charge in [-0.25, -0.2) is 4.98 Å². The summed E-state index contributed by atoms with van der Waals surface area (Å²) in [6.07, 6.45) is 0.778. The first-order chi connectivity index (χ1) is 9.13. The molecule has 0 fully saturated rings. The van der Waals surface area contributed by atoms with Crippen LogP contribution in [0.15, 0.2) is 42.5 Å². The molecule has 0 bridgehead atoms. The number of nitrogens with zero attached hydrogens (tertiary/aromatic N) is 2. The minimum Gasteiger partial charge on any atom is -0.331 e. The minimum atomic E-state index is 0.712. The lowest BCUT2D eigenvalue weighted by atomic mass is 10.1.